The third-order valence-corrected chi connectivity index (χ3v) is 5.48. The zero-order chi connectivity index (χ0) is 18.6. The highest BCUT2D eigenvalue weighted by atomic mass is 35.5. The predicted octanol–water partition coefficient (Wildman–Crippen LogP) is 2.92. The van der Waals surface area contributed by atoms with Gasteiger partial charge in [0.25, 0.3) is 5.91 Å². The highest BCUT2D eigenvalue weighted by molar-refractivity contribution is 7.89. The molecule has 2 aromatic carbocycles. The smallest absolute Gasteiger partial charge is 0.262 e. The number of carbonyl (C=O) groups is 1. The van der Waals surface area contributed by atoms with Crippen LogP contribution < -0.4 is 10.1 Å². The number of anilines is 1. The van der Waals surface area contributed by atoms with Crippen molar-refractivity contribution in [3.05, 3.63) is 53.1 Å². The van der Waals surface area contributed by atoms with Crippen molar-refractivity contribution in [2.75, 3.05) is 26.0 Å². The molecule has 0 spiro atoms. The lowest BCUT2D eigenvalue weighted by atomic mass is 10.2. The van der Waals surface area contributed by atoms with Gasteiger partial charge in [-0.05, 0) is 37.3 Å². The Morgan fingerprint density at radius 3 is 2.36 bits per heavy atom. The van der Waals surface area contributed by atoms with Gasteiger partial charge >= 0.3 is 0 Å². The topological polar surface area (TPSA) is 75.7 Å². The average Bonchev–Trinajstić information content (AvgIpc) is 2.55. The molecular weight excluding hydrogens is 364 g/mol. The first-order valence-electron chi connectivity index (χ1n) is 7.41. The SMILES string of the molecule is Cc1ccc(NC(=O)COc2ccc(S(=O)(=O)N(C)C)cc2Cl)cc1. The van der Waals surface area contributed by atoms with Crippen molar-refractivity contribution in [2.24, 2.45) is 0 Å². The van der Waals surface area contributed by atoms with Gasteiger partial charge in [-0.3, -0.25) is 4.79 Å². The third-order valence-electron chi connectivity index (χ3n) is 3.38. The molecule has 0 unspecified atom stereocenters. The van der Waals surface area contributed by atoms with Crippen LogP contribution in [-0.2, 0) is 14.8 Å². The van der Waals surface area contributed by atoms with Crippen molar-refractivity contribution >= 4 is 33.2 Å². The first-order valence-corrected chi connectivity index (χ1v) is 9.23. The quantitative estimate of drug-likeness (QED) is 0.833. The van der Waals surface area contributed by atoms with Crippen LogP contribution in [0, 0.1) is 6.92 Å². The zero-order valence-electron chi connectivity index (χ0n) is 14.1. The van der Waals surface area contributed by atoms with E-state index in [2.05, 4.69) is 5.32 Å². The van der Waals surface area contributed by atoms with E-state index in [1.54, 1.807) is 12.1 Å². The molecule has 0 radical (unpaired) electrons. The number of rotatable bonds is 6. The molecule has 0 aliphatic rings. The summed E-state index contributed by atoms with van der Waals surface area (Å²) in [6, 6.07) is 11.5. The molecule has 0 aromatic heterocycles. The van der Waals surface area contributed by atoms with E-state index in [4.69, 9.17) is 16.3 Å². The van der Waals surface area contributed by atoms with E-state index < -0.39 is 10.0 Å². The summed E-state index contributed by atoms with van der Waals surface area (Å²) in [5.41, 5.74) is 1.76. The molecule has 1 amide bonds. The molecule has 0 heterocycles. The maximum atomic E-state index is 12.1. The fourth-order valence-corrected chi connectivity index (χ4v) is 3.18. The molecule has 0 aliphatic heterocycles. The van der Waals surface area contributed by atoms with E-state index >= 15 is 0 Å². The van der Waals surface area contributed by atoms with E-state index in [0.29, 0.717) is 5.69 Å². The van der Waals surface area contributed by atoms with Crippen LogP contribution in [0.4, 0.5) is 5.69 Å². The van der Waals surface area contributed by atoms with E-state index in [1.807, 2.05) is 19.1 Å². The molecule has 0 atom stereocenters. The van der Waals surface area contributed by atoms with Gasteiger partial charge in [0.2, 0.25) is 10.0 Å². The first-order chi connectivity index (χ1) is 11.7. The number of hydrogen-bond acceptors (Lipinski definition) is 4. The summed E-state index contributed by atoms with van der Waals surface area (Å²) >= 11 is 6.06. The van der Waals surface area contributed by atoms with Gasteiger partial charge in [0.1, 0.15) is 5.75 Å². The third kappa shape index (κ3) is 4.94. The fraction of sp³-hybridized carbons (Fsp3) is 0.235. The van der Waals surface area contributed by atoms with Crippen molar-refractivity contribution in [3.8, 4) is 5.75 Å². The second-order valence-electron chi connectivity index (χ2n) is 5.58. The number of halogens is 1. The van der Waals surface area contributed by atoms with Crippen molar-refractivity contribution in [1.82, 2.24) is 4.31 Å². The van der Waals surface area contributed by atoms with Crippen LogP contribution in [0.25, 0.3) is 0 Å². The van der Waals surface area contributed by atoms with Crippen LogP contribution in [0.15, 0.2) is 47.4 Å². The number of aryl methyl sites for hydroxylation is 1. The second-order valence-corrected chi connectivity index (χ2v) is 8.14. The van der Waals surface area contributed by atoms with Crippen LogP contribution in [0.1, 0.15) is 5.56 Å². The Morgan fingerprint density at radius 1 is 1.16 bits per heavy atom. The van der Waals surface area contributed by atoms with Gasteiger partial charge in [0.05, 0.1) is 9.92 Å². The van der Waals surface area contributed by atoms with E-state index in [1.165, 1.54) is 32.3 Å². The minimum atomic E-state index is -3.58. The number of nitrogens with one attached hydrogen (secondary N) is 1. The van der Waals surface area contributed by atoms with E-state index in [0.717, 1.165) is 9.87 Å². The average molecular weight is 383 g/mol. The Kier molecular flexibility index (Phi) is 6.05. The Labute approximate surface area is 152 Å². The van der Waals surface area contributed by atoms with Gasteiger partial charge in [-0.2, -0.15) is 0 Å². The van der Waals surface area contributed by atoms with Crippen molar-refractivity contribution in [1.29, 1.82) is 0 Å². The molecule has 0 saturated heterocycles. The zero-order valence-corrected chi connectivity index (χ0v) is 15.7. The molecule has 25 heavy (non-hydrogen) atoms. The molecule has 0 aliphatic carbocycles. The van der Waals surface area contributed by atoms with Gasteiger partial charge in [0, 0.05) is 19.8 Å². The summed E-state index contributed by atoms with van der Waals surface area (Å²) in [5.74, 6) is -0.108. The molecule has 0 saturated carbocycles. The summed E-state index contributed by atoms with van der Waals surface area (Å²) in [6.07, 6.45) is 0. The van der Waals surface area contributed by atoms with E-state index in [-0.39, 0.29) is 28.2 Å². The number of carbonyl (C=O) groups excluding carboxylic acids is 1. The number of hydrogen-bond donors (Lipinski definition) is 1. The van der Waals surface area contributed by atoms with Crippen LogP contribution in [0.2, 0.25) is 5.02 Å². The number of nitrogens with zero attached hydrogens (tertiary/aromatic N) is 1. The minimum absolute atomic E-state index is 0.0546. The molecular formula is C17H19ClN2O4S. The van der Waals surface area contributed by atoms with Gasteiger partial charge < -0.3 is 10.1 Å². The van der Waals surface area contributed by atoms with Crippen LogP contribution in [0.5, 0.6) is 5.75 Å². The highest BCUT2D eigenvalue weighted by Crippen LogP contribution is 2.28. The molecule has 134 valence electrons. The minimum Gasteiger partial charge on any atom is -0.482 e. The molecule has 8 heteroatoms. The van der Waals surface area contributed by atoms with Crippen LogP contribution in [-0.4, -0.2) is 39.3 Å². The lowest BCUT2D eigenvalue weighted by Gasteiger charge is -2.13. The maximum absolute atomic E-state index is 12.1. The number of sulfonamides is 1. The Hall–Kier alpha value is -2.09. The largest absolute Gasteiger partial charge is 0.482 e. The first kappa shape index (κ1) is 19.2. The summed E-state index contributed by atoms with van der Waals surface area (Å²) in [4.78, 5) is 12.0. The number of amides is 1. The molecule has 2 aromatic rings. The van der Waals surface area contributed by atoms with E-state index in [9.17, 15) is 13.2 Å². The summed E-state index contributed by atoms with van der Waals surface area (Å²) in [7, 11) is -0.710. The molecule has 0 fully saturated rings. The van der Waals surface area contributed by atoms with Gasteiger partial charge in [-0.15, -0.1) is 0 Å². The Morgan fingerprint density at radius 2 is 1.80 bits per heavy atom. The van der Waals surface area contributed by atoms with Gasteiger partial charge in [-0.25, -0.2) is 12.7 Å². The second kappa shape index (κ2) is 7.86. The van der Waals surface area contributed by atoms with Crippen LogP contribution >= 0.6 is 11.6 Å². The number of ether oxygens (including phenoxy) is 1. The fourth-order valence-electron chi connectivity index (χ4n) is 1.95. The van der Waals surface area contributed by atoms with Gasteiger partial charge in [0.15, 0.2) is 6.61 Å². The van der Waals surface area contributed by atoms with Crippen molar-refractivity contribution in [2.45, 2.75) is 11.8 Å². The summed E-state index contributed by atoms with van der Waals surface area (Å²) in [5, 5.41) is 2.82. The lowest BCUT2D eigenvalue weighted by molar-refractivity contribution is -0.118. The molecule has 6 nitrogen and oxygen atoms in total. The molecule has 0 bridgehead atoms. The summed E-state index contributed by atoms with van der Waals surface area (Å²) in [6.45, 7) is 1.71. The Bertz CT molecular complexity index is 865. The molecule has 2 rings (SSSR count). The molecule has 1 N–H and O–H groups in total. The predicted molar refractivity (Wildman–Crippen MR) is 97.6 cm³/mol. The van der Waals surface area contributed by atoms with Crippen molar-refractivity contribution in [3.63, 3.8) is 0 Å². The lowest BCUT2D eigenvalue weighted by Crippen LogP contribution is -2.22. The maximum Gasteiger partial charge on any atom is 0.262 e. The van der Waals surface area contributed by atoms with Crippen LogP contribution in [0.3, 0.4) is 0 Å². The van der Waals surface area contributed by atoms with Crippen molar-refractivity contribution < 1.29 is 17.9 Å². The highest BCUT2D eigenvalue weighted by Gasteiger charge is 2.19. The normalized spacial score (nSPS) is 11.4. The summed E-state index contributed by atoms with van der Waals surface area (Å²) < 4.78 is 30.6. The monoisotopic (exact) mass is 382 g/mol. The van der Waals surface area contributed by atoms with Gasteiger partial charge in [-0.1, -0.05) is 29.3 Å². The standard InChI is InChI=1S/C17H19ClN2O4S/c1-12-4-6-13(7-5-12)19-17(21)11-24-16-9-8-14(10-15(16)18)25(22,23)20(2)3/h4-10H,11H2,1-3H3,(H,19,21). The Balaban J connectivity index is 2.01. The number of benzene rings is 2.